The maximum atomic E-state index is 14.0. The van der Waals surface area contributed by atoms with Crippen molar-refractivity contribution in [3.8, 4) is 17.3 Å². The molecule has 38 heavy (non-hydrogen) atoms. The number of rotatable bonds is 7. The standard InChI is InChI=1S/C28H32N6O4/c1-17-8-7-9-22(19(17)3)34(24(36)16-33-31-26(30-32-33)23-15-10-18(2)38-23)25(27(37)29-28(4,5)6)20-11-13-21(35)14-12-20/h7-15,25,35H,16H2,1-6H3,(H,29,37)/t25-/m0/s1. The first-order valence-electron chi connectivity index (χ1n) is 12.3. The molecule has 0 saturated carbocycles. The maximum absolute atomic E-state index is 14.0. The summed E-state index contributed by atoms with van der Waals surface area (Å²) in [5.74, 6) is 0.677. The predicted molar refractivity (Wildman–Crippen MR) is 142 cm³/mol. The smallest absolute Gasteiger partial charge is 0.251 e. The fourth-order valence-corrected chi connectivity index (χ4v) is 4.09. The zero-order chi connectivity index (χ0) is 27.6. The van der Waals surface area contributed by atoms with Gasteiger partial charge in [-0.15, -0.1) is 10.2 Å². The van der Waals surface area contributed by atoms with Gasteiger partial charge in [-0.25, -0.2) is 0 Å². The topological polar surface area (TPSA) is 126 Å². The Morgan fingerprint density at radius 3 is 2.39 bits per heavy atom. The molecule has 1 atom stereocenters. The number of aryl methyl sites for hydroxylation is 2. The summed E-state index contributed by atoms with van der Waals surface area (Å²) in [5.41, 5.74) is 2.39. The number of phenols is 1. The van der Waals surface area contributed by atoms with Crippen LogP contribution in [-0.4, -0.2) is 42.7 Å². The lowest BCUT2D eigenvalue weighted by Gasteiger charge is -2.34. The van der Waals surface area contributed by atoms with E-state index in [-0.39, 0.29) is 24.0 Å². The average Bonchev–Trinajstić information content (AvgIpc) is 3.48. The first-order chi connectivity index (χ1) is 17.9. The van der Waals surface area contributed by atoms with Crippen molar-refractivity contribution in [3.63, 3.8) is 0 Å². The number of aromatic hydroxyl groups is 1. The minimum Gasteiger partial charge on any atom is -0.508 e. The van der Waals surface area contributed by atoms with Crippen molar-refractivity contribution in [1.82, 2.24) is 25.5 Å². The Hall–Kier alpha value is -4.47. The Morgan fingerprint density at radius 2 is 1.76 bits per heavy atom. The molecule has 4 aromatic rings. The van der Waals surface area contributed by atoms with Gasteiger partial charge in [-0.2, -0.15) is 4.80 Å². The van der Waals surface area contributed by atoms with E-state index in [0.29, 0.717) is 22.8 Å². The Labute approximate surface area is 221 Å². The largest absolute Gasteiger partial charge is 0.508 e. The van der Waals surface area contributed by atoms with E-state index < -0.39 is 17.5 Å². The van der Waals surface area contributed by atoms with Crippen molar-refractivity contribution in [3.05, 3.63) is 77.0 Å². The van der Waals surface area contributed by atoms with E-state index in [1.54, 1.807) is 24.3 Å². The molecular formula is C28H32N6O4. The van der Waals surface area contributed by atoms with Crippen LogP contribution < -0.4 is 10.2 Å². The summed E-state index contributed by atoms with van der Waals surface area (Å²) in [6.07, 6.45) is 0. The number of nitrogens with one attached hydrogen (secondary N) is 1. The number of hydrogen-bond acceptors (Lipinski definition) is 7. The molecule has 2 aromatic carbocycles. The predicted octanol–water partition coefficient (Wildman–Crippen LogP) is 4.25. The summed E-state index contributed by atoms with van der Waals surface area (Å²) in [6.45, 7) is 11.0. The van der Waals surface area contributed by atoms with Gasteiger partial charge < -0.3 is 14.8 Å². The number of carbonyl (C=O) groups is 2. The van der Waals surface area contributed by atoms with E-state index in [1.165, 1.54) is 21.8 Å². The number of nitrogens with zero attached hydrogens (tertiary/aromatic N) is 5. The van der Waals surface area contributed by atoms with Crippen LogP contribution in [0.25, 0.3) is 11.6 Å². The van der Waals surface area contributed by atoms with Crippen molar-refractivity contribution >= 4 is 17.5 Å². The summed E-state index contributed by atoms with van der Waals surface area (Å²) >= 11 is 0. The molecule has 10 heteroatoms. The van der Waals surface area contributed by atoms with Crippen molar-refractivity contribution in [2.45, 2.75) is 59.7 Å². The second-order valence-corrected chi connectivity index (χ2v) is 10.3. The Morgan fingerprint density at radius 1 is 1.05 bits per heavy atom. The van der Waals surface area contributed by atoms with Crippen molar-refractivity contribution < 1.29 is 19.1 Å². The van der Waals surface area contributed by atoms with E-state index in [0.717, 1.165) is 11.1 Å². The number of carbonyl (C=O) groups excluding carboxylic acids is 2. The second-order valence-electron chi connectivity index (χ2n) is 10.3. The van der Waals surface area contributed by atoms with Crippen molar-refractivity contribution in [2.75, 3.05) is 4.90 Å². The molecule has 2 N–H and O–H groups in total. The Balaban J connectivity index is 1.79. The summed E-state index contributed by atoms with van der Waals surface area (Å²) in [6, 6.07) is 14.4. The summed E-state index contributed by atoms with van der Waals surface area (Å²) in [5, 5.41) is 25.3. The third kappa shape index (κ3) is 5.91. The average molecular weight is 517 g/mol. The fourth-order valence-electron chi connectivity index (χ4n) is 4.09. The lowest BCUT2D eigenvalue weighted by molar-refractivity contribution is -0.128. The van der Waals surface area contributed by atoms with Crippen LogP contribution in [0, 0.1) is 20.8 Å². The van der Waals surface area contributed by atoms with Gasteiger partial charge in [-0.1, -0.05) is 24.3 Å². The number of aromatic nitrogens is 4. The highest BCUT2D eigenvalue weighted by molar-refractivity contribution is 6.02. The molecule has 0 unspecified atom stereocenters. The molecule has 0 aliphatic heterocycles. The molecule has 10 nitrogen and oxygen atoms in total. The minimum absolute atomic E-state index is 0.0563. The molecule has 0 spiro atoms. The maximum Gasteiger partial charge on any atom is 0.251 e. The summed E-state index contributed by atoms with van der Waals surface area (Å²) in [7, 11) is 0. The molecule has 0 bridgehead atoms. The highest BCUT2D eigenvalue weighted by Gasteiger charge is 2.35. The molecule has 0 radical (unpaired) electrons. The quantitative estimate of drug-likeness (QED) is 0.376. The van der Waals surface area contributed by atoms with Crippen LogP contribution >= 0.6 is 0 Å². The number of furan rings is 1. The molecule has 0 fully saturated rings. The molecule has 4 rings (SSSR count). The van der Waals surface area contributed by atoms with Crippen LogP contribution in [0.4, 0.5) is 5.69 Å². The van der Waals surface area contributed by atoms with Crippen LogP contribution in [0.1, 0.15) is 49.3 Å². The fraction of sp³-hybridized carbons (Fsp3) is 0.321. The SMILES string of the molecule is Cc1ccc(-c2nnn(CC(=O)N(c3cccc(C)c3C)[C@H](C(=O)NC(C)(C)C)c3ccc(O)cc3)n2)o1. The van der Waals surface area contributed by atoms with Gasteiger partial charge in [-0.05, 0) is 93.8 Å². The summed E-state index contributed by atoms with van der Waals surface area (Å²) in [4.78, 5) is 30.4. The molecule has 198 valence electrons. The number of tetrazole rings is 1. The van der Waals surface area contributed by atoms with Gasteiger partial charge in [0.2, 0.25) is 11.7 Å². The van der Waals surface area contributed by atoms with Gasteiger partial charge in [0.25, 0.3) is 5.91 Å². The van der Waals surface area contributed by atoms with Crippen LogP contribution in [0.15, 0.2) is 59.0 Å². The zero-order valence-electron chi connectivity index (χ0n) is 22.4. The molecule has 2 heterocycles. The molecule has 0 saturated heterocycles. The molecule has 2 aromatic heterocycles. The van der Waals surface area contributed by atoms with Gasteiger partial charge in [0.15, 0.2) is 5.76 Å². The minimum atomic E-state index is -1.03. The van der Waals surface area contributed by atoms with Gasteiger partial charge >= 0.3 is 0 Å². The van der Waals surface area contributed by atoms with Crippen molar-refractivity contribution in [1.29, 1.82) is 0 Å². The first kappa shape index (κ1) is 26.6. The van der Waals surface area contributed by atoms with Crippen LogP contribution in [-0.2, 0) is 16.1 Å². The van der Waals surface area contributed by atoms with Crippen LogP contribution in [0.5, 0.6) is 5.75 Å². The number of hydrogen-bond donors (Lipinski definition) is 2. The molecule has 0 aliphatic rings. The molecular weight excluding hydrogens is 484 g/mol. The number of anilines is 1. The van der Waals surface area contributed by atoms with E-state index in [1.807, 2.05) is 59.7 Å². The first-order valence-corrected chi connectivity index (χ1v) is 12.3. The van der Waals surface area contributed by atoms with E-state index in [9.17, 15) is 14.7 Å². The highest BCUT2D eigenvalue weighted by atomic mass is 16.3. The number of phenolic OH excluding ortho intramolecular Hbond substituents is 1. The van der Waals surface area contributed by atoms with Gasteiger partial charge in [-0.3, -0.25) is 14.5 Å². The monoisotopic (exact) mass is 516 g/mol. The lowest BCUT2D eigenvalue weighted by Crippen LogP contribution is -2.50. The van der Waals surface area contributed by atoms with Crippen LogP contribution in [0.2, 0.25) is 0 Å². The molecule has 2 amide bonds. The highest BCUT2D eigenvalue weighted by Crippen LogP contribution is 2.33. The molecule has 0 aliphatic carbocycles. The van der Waals surface area contributed by atoms with Crippen molar-refractivity contribution in [2.24, 2.45) is 0 Å². The normalized spacial score (nSPS) is 12.3. The summed E-state index contributed by atoms with van der Waals surface area (Å²) < 4.78 is 5.57. The Kier molecular flexibility index (Phi) is 7.34. The third-order valence-electron chi connectivity index (χ3n) is 6.01. The van der Waals surface area contributed by atoms with Gasteiger partial charge in [0.05, 0.1) is 0 Å². The van der Waals surface area contributed by atoms with E-state index in [2.05, 4.69) is 20.7 Å². The third-order valence-corrected chi connectivity index (χ3v) is 6.01. The van der Waals surface area contributed by atoms with Crippen LogP contribution in [0.3, 0.4) is 0 Å². The van der Waals surface area contributed by atoms with E-state index in [4.69, 9.17) is 4.42 Å². The van der Waals surface area contributed by atoms with Gasteiger partial charge in [0.1, 0.15) is 24.1 Å². The Bertz CT molecular complexity index is 1450. The zero-order valence-corrected chi connectivity index (χ0v) is 22.4. The number of amides is 2. The van der Waals surface area contributed by atoms with Gasteiger partial charge in [0, 0.05) is 11.2 Å². The number of benzene rings is 2. The second kappa shape index (κ2) is 10.5. The lowest BCUT2D eigenvalue weighted by atomic mass is 9.98. The van der Waals surface area contributed by atoms with E-state index >= 15 is 0 Å².